The Labute approximate surface area is 118 Å². The molecule has 106 valence electrons. The first kappa shape index (κ1) is 14.0. The number of aromatic nitrogens is 3. The molecule has 2 aromatic heterocycles. The molecule has 20 heavy (non-hydrogen) atoms. The molecule has 1 amide bonds. The first-order chi connectivity index (χ1) is 9.69. The summed E-state index contributed by atoms with van der Waals surface area (Å²) in [7, 11) is 1.84. The van der Waals surface area contributed by atoms with Crippen LogP contribution in [0.1, 0.15) is 29.5 Å². The summed E-state index contributed by atoms with van der Waals surface area (Å²) in [6.45, 7) is 3.36. The van der Waals surface area contributed by atoms with Crippen molar-refractivity contribution in [3.05, 3.63) is 42.0 Å². The van der Waals surface area contributed by atoms with E-state index in [0.717, 1.165) is 24.3 Å². The lowest BCUT2D eigenvalue weighted by atomic mass is 10.3. The molecule has 2 N–H and O–H groups in total. The molecule has 0 aliphatic carbocycles. The third kappa shape index (κ3) is 3.81. The minimum absolute atomic E-state index is 0.198. The average Bonchev–Trinajstić information content (AvgIpc) is 2.88. The molecule has 0 aliphatic rings. The Morgan fingerprint density at radius 1 is 1.40 bits per heavy atom. The first-order valence-electron chi connectivity index (χ1n) is 6.65. The summed E-state index contributed by atoms with van der Waals surface area (Å²) >= 11 is 0. The van der Waals surface area contributed by atoms with E-state index in [-0.39, 0.29) is 5.91 Å². The molecule has 2 aromatic rings. The predicted octanol–water partition coefficient (Wildman–Crippen LogP) is 1.57. The first-order valence-corrected chi connectivity index (χ1v) is 6.65. The Hall–Kier alpha value is -2.37. The van der Waals surface area contributed by atoms with E-state index in [1.807, 2.05) is 25.4 Å². The summed E-state index contributed by atoms with van der Waals surface area (Å²) in [6, 6.07) is 5.47. The highest BCUT2D eigenvalue weighted by Gasteiger charge is 2.08. The molecule has 2 heterocycles. The standard InChI is InChI=1S/C14H19N5O/c1-3-6-15-11-4-7-16-13(9-11)14(20)17-10-12-5-8-19(2)18-12/h4-5,7-9H,3,6,10H2,1-2H3,(H,15,16)(H,17,20). The van der Waals surface area contributed by atoms with Crippen LogP contribution in [0.3, 0.4) is 0 Å². The Kier molecular flexibility index (Phi) is 4.70. The maximum atomic E-state index is 12.0. The number of carbonyl (C=O) groups excluding carboxylic acids is 1. The van der Waals surface area contributed by atoms with E-state index < -0.39 is 0 Å². The van der Waals surface area contributed by atoms with E-state index in [2.05, 4.69) is 27.6 Å². The molecule has 0 saturated heterocycles. The molecule has 0 bridgehead atoms. The fraction of sp³-hybridized carbons (Fsp3) is 0.357. The molecule has 0 radical (unpaired) electrons. The Morgan fingerprint density at radius 3 is 2.95 bits per heavy atom. The molecule has 0 unspecified atom stereocenters. The van der Waals surface area contributed by atoms with Crippen molar-refractivity contribution in [3.8, 4) is 0 Å². The highest BCUT2D eigenvalue weighted by atomic mass is 16.1. The predicted molar refractivity (Wildman–Crippen MR) is 77.4 cm³/mol. The van der Waals surface area contributed by atoms with Gasteiger partial charge in [-0.2, -0.15) is 5.10 Å². The van der Waals surface area contributed by atoms with Gasteiger partial charge in [0.05, 0.1) is 12.2 Å². The summed E-state index contributed by atoms with van der Waals surface area (Å²) in [4.78, 5) is 16.1. The zero-order valence-electron chi connectivity index (χ0n) is 11.8. The van der Waals surface area contributed by atoms with Crippen LogP contribution in [0.15, 0.2) is 30.6 Å². The van der Waals surface area contributed by atoms with E-state index in [0.29, 0.717) is 12.2 Å². The number of hydrogen-bond donors (Lipinski definition) is 2. The number of pyridine rings is 1. The molecule has 2 rings (SSSR count). The molecular weight excluding hydrogens is 254 g/mol. The smallest absolute Gasteiger partial charge is 0.270 e. The largest absolute Gasteiger partial charge is 0.385 e. The van der Waals surface area contributed by atoms with Crippen molar-refractivity contribution in [2.75, 3.05) is 11.9 Å². The Bertz CT molecular complexity index is 578. The topological polar surface area (TPSA) is 71.8 Å². The van der Waals surface area contributed by atoms with Gasteiger partial charge >= 0.3 is 0 Å². The number of nitrogens with zero attached hydrogens (tertiary/aromatic N) is 3. The zero-order chi connectivity index (χ0) is 14.4. The molecule has 0 atom stereocenters. The highest BCUT2D eigenvalue weighted by Crippen LogP contribution is 2.08. The fourth-order valence-corrected chi connectivity index (χ4v) is 1.75. The third-order valence-electron chi connectivity index (χ3n) is 2.77. The second-order valence-electron chi connectivity index (χ2n) is 4.52. The van der Waals surface area contributed by atoms with Crippen LogP contribution in [-0.4, -0.2) is 27.2 Å². The second kappa shape index (κ2) is 6.70. The maximum absolute atomic E-state index is 12.0. The van der Waals surface area contributed by atoms with Crippen LogP contribution in [0, 0.1) is 0 Å². The van der Waals surface area contributed by atoms with Crippen LogP contribution < -0.4 is 10.6 Å². The van der Waals surface area contributed by atoms with Crippen LogP contribution in [0.25, 0.3) is 0 Å². The van der Waals surface area contributed by atoms with Gasteiger partial charge in [-0.25, -0.2) is 0 Å². The van der Waals surface area contributed by atoms with Crippen molar-refractivity contribution in [1.82, 2.24) is 20.1 Å². The van der Waals surface area contributed by atoms with Gasteiger partial charge in [-0.15, -0.1) is 0 Å². The summed E-state index contributed by atoms with van der Waals surface area (Å²) in [5.41, 5.74) is 2.13. The van der Waals surface area contributed by atoms with Crippen LogP contribution in [0.2, 0.25) is 0 Å². The van der Waals surface area contributed by atoms with E-state index in [1.165, 1.54) is 0 Å². The zero-order valence-corrected chi connectivity index (χ0v) is 11.8. The molecule has 0 spiro atoms. The van der Waals surface area contributed by atoms with E-state index in [9.17, 15) is 4.79 Å². The molecular formula is C14H19N5O. The van der Waals surface area contributed by atoms with E-state index >= 15 is 0 Å². The summed E-state index contributed by atoms with van der Waals surface area (Å²) < 4.78 is 1.70. The molecule has 6 nitrogen and oxygen atoms in total. The molecule has 0 aromatic carbocycles. The second-order valence-corrected chi connectivity index (χ2v) is 4.52. The lowest BCUT2D eigenvalue weighted by molar-refractivity contribution is 0.0945. The minimum atomic E-state index is -0.198. The van der Waals surface area contributed by atoms with Crippen molar-refractivity contribution >= 4 is 11.6 Å². The van der Waals surface area contributed by atoms with Crippen LogP contribution in [-0.2, 0) is 13.6 Å². The number of aryl methyl sites for hydroxylation is 1. The Morgan fingerprint density at radius 2 is 2.25 bits per heavy atom. The van der Waals surface area contributed by atoms with Gasteiger partial charge in [0, 0.05) is 31.7 Å². The van der Waals surface area contributed by atoms with Gasteiger partial charge in [0.25, 0.3) is 5.91 Å². The van der Waals surface area contributed by atoms with E-state index in [4.69, 9.17) is 0 Å². The summed E-state index contributed by atoms with van der Waals surface area (Å²) in [5, 5.41) is 10.2. The van der Waals surface area contributed by atoms with Crippen molar-refractivity contribution < 1.29 is 4.79 Å². The average molecular weight is 273 g/mol. The van der Waals surface area contributed by atoms with Crippen LogP contribution >= 0.6 is 0 Å². The molecule has 6 heteroatoms. The summed E-state index contributed by atoms with van der Waals surface area (Å²) in [5.74, 6) is -0.198. The Balaban J connectivity index is 1.94. The number of anilines is 1. The van der Waals surface area contributed by atoms with Crippen molar-refractivity contribution in [1.29, 1.82) is 0 Å². The van der Waals surface area contributed by atoms with E-state index in [1.54, 1.807) is 16.9 Å². The normalized spacial score (nSPS) is 10.3. The molecule has 0 fully saturated rings. The number of hydrogen-bond acceptors (Lipinski definition) is 4. The van der Waals surface area contributed by atoms with Crippen LogP contribution in [0.4, 0.5) is 5.69 Å². The van der Waals surface area contributed by atoms with Gasteiger partial charge in [-0.1, -0.05) is 6.92 Å². The fourth-order valence-electron chi connectivity index (χ4n) is 1.75. The van der Waals surface area contributed by atoms with Gasteiger partial charge in [-0.05, 0) is 24.6 Å². The lowest BCUT2D eigenvalue weighted by Gasteiger charge is -2.07. The van der Waals surface area contributed by atoms with Crippen molar-refractivity contribution in [2.45, 2.75) is 19.9 Å². The third-order valence-corrected chi connectivity index (χ3v) is 2.77. The quantitative estimate of drug-likeness (QED) is 0.838. The van der Waals surface area contributed by atoms with Crippen molar-refractivity contribution in [3.63, 3.8) is 0 Å². The number of rotatable bonds is 6. The van der Waals surface area contributed by atoms with Gasteiger partial charge in [-0.3, -0.25) is 14.5 Å². The van der Waals surface area contributed by atoms with Crippen molar-refractivity contribution in [2.24, 2.45) is 7.05 Å². The van der Waals surface area contributed by atoms with Gasteiger partial charge < -0.3 is 10.6 Å². The maximum Gasteiger partial charge on any atom is 0.270 e. The van der Waals surface area contributed by atoms with Gasteiger partial charge in [0.1, 0.15) is 5.69 Å². The molecule has 0 saturated carbocycles. The number of nitrogens with one attached hydrogen (secondary N) is 2. The lowest BCUT2D eigenvalue weighted by Crippen LogP contribution is -2.24. The monoisotopic (exact) mass is 273 g/mol. The minimum Gasteiger partial charge on any atom is -0.385 e. The van der Waals surface area contributed by atoms with Gasteiger partial charge in [0.2, 0.25) is 0 Å². The molecule has 0 aliphatic heterocycles. The van der Waals surface area contributed by atoms with Crippen LogP contribution in [0.5, 0.6) is 0 Å². The summed E-state index contributed by atoms with van der Waals surface area (Å²) in [6.07, 6.45) is 4.51. The number of amides is 1. The highest BCUT2D eigenvalue weighted by molar-refractivity contribution is 5.93. The number of carbonyl (C=O) groups is 1. The SMILES string of the molecule is CCCNc1ccnc(C(=O)NCc2ccn(C)n2)c1. The van der Waals surface area contributed by atoms with Gasteiger partial charge in [0.15, 0.2) is 0 Å².